The maximum atomic E-state index is 4.65. The van der Waals surface area contributed by atoms with Gasteiger partial charge in [0.25, 0.3) is 0 Å². The summed E-state index contributed by atoms with van der Waals surface area (Å²) in [5.74, 6) is 0. The Morgan fingerprint density at radius 3 is 2.95 bits per heavy atom. The van der Waals surface area contributed by atoms with Crippen molar-refractivity contribution in [3.63, 3.8) is 0 Å². The molecule has 3 nitrogen and oxygen atoms in total. The van der Waals surface area contributed by atoms with E-state index in [1.165, 1.54) is 5.39 Å². The lowest BCUT2D eigenvalue weighted by Crippen LogP contribution is -2.18. The number of fused-ring (bicyclic) bond motifs is 1. The second kappa shape index (κ2) is 5.47. The number of nitrogens with one attached hydrogen (secondary N) is 1. The average Bonchev–Trinajstić information content (AvgIpc) is 2.99. The first kappa shape index (κ1) is 12.3. The van der Waals surface area contributed by atoms with Crippen LogP contribution in [0.4, 0.5) is 0 Å². The maximum Gasteiger partial charge on any atom is 0.109 e. The highest BCUT2D eigenvalue weighted by atomic mass is 32.1. The molecule has 1 N–H and O–H groups in total. The van der Waals surface area contributed by atoms with Gasteiger partial charge in [-0.2, -0.15) is 0 Å². The number of pyridine rings is 1. The first-order valence-corrected chi connectivity index (χ1v) is 7.18. The summed E-state index contributed by atoms with van der Waals surface area (Å²) in [6.45, 7) is 2.88. The van der Waals surface area contributed by atoms with Gasteiger partial charge in [0.05, 0.1) is 17.3 Å². The Balaban J connectivity index is 1.71. The lowest BCUT2D eigenvalue weighted by molar-refractivity contribution is 0.566. The van der Waals surface area contributed by atoms with E-state index < -0.39 is 0 Å². The zero-order valence-electron chi connectivity index (χ0n) is 10.7. The third-order valence-corrected chi connectivity index (χ3v) is 4.03. The van der Waals surface area contributed by atoms with E-state index in [4.69, 9.17) is 0 Å². The molecule has 0 aliphatic carbocycles. The summed E-state index contributed by atoms with van der Waals surface area (Å²) in [6.07, 6.45) is 1.84. The van der Waals surface area contributed by atoms with Crippen molar-refractivity contribution >= 4 is 22.2 Å². The van der Waals surface area contributed by atoms with Gasteiger partial charge in [0, 0.05) is 23.5 Å². The van der Waals surface area contributed by atoms with Crippen molar-refractivity contribution in [2.24, 2.45) is 0 Å². The summed E-state index contributed by atoms with van der Waals surface area (Å²) in [5, 5.41) is 7.74. The van der Waals surface area contributed by atoms with Crippen LogP contribution >= 0.6 is 11.3 Å². The van der Waals surface area contributed by atoms with Gasteiger partial charge >= 0.3 is 0 Å². The lowest BCUT2D eigenvalue weighted by Gasteiger charge is -2.10. The number of hydrogen-bond donors (Lipinski definition) is 1. The van der Waals surface area contributed by atoms with Gasteiger partial charge in [0.1, 0.15) is 5.01 Å². The summed E-state index contributed by atoms with van der Waals surface area (Å²) >= 11 is 1.67. The molecule has 0 spiro atoms. The van der Waals surface area contributed by atoms with Gasteiger partial charge in [-0.05, 0) is 19.1 Å². The standard InChI is InChI=1S/C15H15N3S/c1-11(15-16-8-9-19-15)17-10-13-7-6-12-4-2-3-5-14(12)18-13/h2-9,11,17H,10H2,1H3. The molecule has 1 atom stereocenters. The van der Waals surface area contributed by atoms with Crippen LogP contribution < -0.4 is 5.32 Å². The third-order valence-electron chi connectivity index (χ3n) is 3.07. The lowest BCUT2D eigenvalue weighted by atomic mass is 10.2. The van der Waals surface area contributed by atoms with Crippen LogP contribution in [0.3, 0.4) is 0 Å². The second-order valence-corrected chi connectivity index (χ2v) is 5.39. The molecular weight excluding hydrogens is 254 g/mol. The van der Waals surface area contributed by atoms with Crippen molar-refractivity contribution in [2.75, 3.05) is 0 Å². The molecule has 1 unspecified atom stereocenters. The van der Waals surface area contributed by atoms with Crippen molar-refractivity contribution in [1.29, 1.82) is 0 Å². The molecular formula is C15H15N3S. The molecule has 3 rings (SSSR count). The molecule has 0 fully saturated rings. The van der Waals surface area contributed by atoms with Crippen LogP contribution in [0.15, 0.2) is 48.0 Å². The topological polar surface area (TPSA) is 37.8 Å². The molecule has 0 aliphatic heterocycles. The number of para-hydroxylation sites is 1. The third kappa shape index (κ3) is 2.80. The van der Waals surface area contributed by atoms with Gasteiger partial charge in [-0.15, -0.1) is 11.3 Å². The Hall–Kier alpha value is -1.78. The minimum absolute atomic E-state index is 0.258. The number of hydrogen-bond acceptors (Lipinski definition) is 4. The van der Waals surface area contributed by atoms with Gasteiger partial charge in [-0.25, -0.2) is 4.98 Å². The molecule has 1 aromatic carbocycles. The second-order valence-electron chi connectivity index (χ2n) is 4.47. The minimum atomic E-state index is 0.258. The largest absolute Gasteiger partial charge is 0.302 e. The Morgan fingerprint density at radius 1 is 1.21 bits per heavy atom. The molecule has 0 radical (unpaired) electrons. The predicted molar refractivity (Wildman–Crippen MR) is 79.1 cm³/mol. The zero-order chi connectivity index (χ0) is 13.1. The number of aromatic nitrogens is 2. The number of benzene rings is 1. The highest BCUT2D eigenvalue weighted by Crippen LogP contribution is 2.16. The van der Waals surface area contributed by atoms with Crippen LogP contribution in [0, 0.1) is 0 Å². The molecule has 19 heavy (non-hydrogen) atoms. The molecule has 0 aliphatic rings. The van der Waals surface area contributed by atoms with Crippen LogP contribution in [0.2, 0.25) is 0 Å². The molecule has 0 bridgehead atoms. The van der Waals surface area contributed by atoms with E-state index in [1.807, 2.05) is 29.8 Å². The van der Waals surface area contributed by atoms with E-state index in [-0.39, 0.29) is 6.04 Å². The fourth-order valence-electron chi connectivity index (χ4n) is 2.00. The SMILES string of the molecule is CC(NCc1ccc2ccccc2n1)c1nccs1. The Morgan fingerprint density at radius 2 is 2.11 bits per heavy atom. The Bertz CT molecular complexity index is 664. The first-order chi connectivity index (χ1) is 9.33. The molecule has 0 amide bonds. The predicted octanol–water partition coefficient (Wildman–Crippen LogP) is 3.54. The molecule has 3 aromatic rings. The highest BCUT2D eigenvalue weighted by molar-refractivity contribution is 7.09. The molecule has 0 saturated carbocycles. The van der Waals surface area contributed by atoms with Crippen LogP contribution in [0.25, 0.3) is 10.9 Å². The van der Waals surface area contributed by atoms with Gasteiger partial charge < -0.3 is 5.32 Å². The fourth-order valence-corrected chi connectivity index (χ4v) is 2.67. The summed E-state index contributed by atoms with van der Waals surface area (Å²) in [7, 11) is 0. The van der Waals surface area contributed by atoms with Gasteiger partial charge in [0.15, 0.2) is 0 Å². The fraction of sp³-hybridized carbons (Fsp3) is 0.200. The van der Waals surface area contributed by atoms with Gasteiger partial charge in [0.2, 0.25) is 0 Å². The van der Waals surface area contributed by atoms with Crippen LogP contribution in [0.1, 0.15) is 23.7 Å². The maximum absolute atomic E-state index is 4.65. The van der Waals surface area contributed by atoms with E-state index in [2.05, 4.69) is 40.4 Å². The summed E-state index contributed by atoms with van der Waals surface area (Å²) in [4.78, 5) is 8.96. The van der Waals surface area contributed by atoms with E-state index >= 15 is 0 Å². The van der Waals surface area contributed by atoms with Crippen molar-refractivity contribution < 1.29 is 0 Å². The van der Waals surface area contributed by atoms with E-state index in [0.29, 0.717) is 0 Å². The summed E-state index contributed by atoms with van der Waals surface area (Å²) in [6, 6.07) is 12.6. The van der Waals surface area contributed by atoms with Crippen LogP contribution in [-0.4, -0.2) is 9.97 Å². The van der Waals surface area contributed by atoms with Gasteiger partial charge in [-0.1, -0.05) is 24.3 Å². The Kier molecular flexibility index (Phi) is 3.53. The molecule has 2 heterocycles. The smallest absolute Gasteiger partial charge is 0.109 e. The number of thiazole rings is 1. The van der Waals surface area contributed by atoms with Crippen molar-refractivity contribution in [3.8, 4) is 0 Å². The quantitative estimate of drug-likeness (QED) is 0.787. The number of nitrogens with zero attached hydrogens (tertiary/aromatic N) is 2. The normalized spacial score (nSPS) is 12.7. The van der Waals surface area contributed by atoms with E-state index in [9.17, 15) is 0 Å². The van der Waals surface area contributed by atoms with Crippen LogP contribution in [-0.2, 0) is 6.54 Å². The van der Waals surface area contributed by atoms with E-state index in [0.717, 1.165) is 22.8 Å². The molecule has 2 aromatic heterocycles. The summed E-state index contributed by atoms with van der Waals surface area (Å²) < 4.78 is 0. The van der Waals surface area contributed by atoms with Crippen molar-refractivity contribution in [3.05, 3.63) is 58.7 Å². The van der Waals surface area contributed by atoms with Crippen LogP contribution in [0.5, 0.6) is 0 Å². The molecule has 4 heteroatoms. The van der Waals surface area contributed by atoms with Gasteiger partial charge in [-0.3, -0.25) is 4.98 Å². The average molecular weight is 269 g/mol. The number of rotatable bonds is 4. The van der Waals surface area contributed by atoms with Crippen molar-refractivity contribution in [2.45, 2.75) is 19.5 Å². The monoisotopic (exact) mass is 269 g/mol. The summed E-state index contributed by atoms with van der Waals surface area (Å²) in [5.41, 5.74) is 2.10. The molecule has 0 saturated heterocycles. The van der Waals surface area contributed by atoms with E-state index in [1.54, 1.807) is 11.3 Å². The molecule has 96 valence electrons. The highest BCUT2D eigenvalue weighted by Gasteiger charge is 2.07. The van der Waals surface area contributed by atoms with Crippen molar-refractivity contribution in [1.82, 2.24) is 15.3 Å². The minimum Gasteiger partial charge on any atom is -0.302 e. The zero-order valence-corrected chi connectivity index (χ0v) is 11.5. The Labute approximate surface area is 116 Å². The first-order valence-electron chi connectivity index (χ1n) is 6.30.